The normalized spacial score (nSPS) is 10.9. The number of amides is 1. The van der Waals surface area contributed by atoms with Gasteiger partial charge in [-0.2, -0.15) is 5.26 Å². The Kier molecular flexibility index (Phi) is 8.07. The fraction of sp³-hybridized carbons (Fsp3) is 0.154. The lowest BCUT2D eigenvalue weighted by Crippen LogP contribution is -2.13. The zero-order valence-electron chi connectivity index (χ0n) is 17.9. The van der Waals surface area contributed by atoms with Gasteiger partial charge in [0, 0.05) is 10.2 Å². The van der Waals surface area contributed by atoms with E-state index in [9.17, 15) is 10.1 Å². The summed E-state index contributed by atoms with van der Waals surface area (Å²) in [6, 6.07) is 22.6. The van der Waals surface area contributed by atoms with E-state index in [0.717, 1.165) is 10.0 Å². The molecule has 3 aromatic rings. The molecule has 0 atom stereocenters. The van der Waals surface area contributed by atoms with Gasteiger partial charge in [-0.15, -0.1) is 0 Å². The van der Waals surface area contributed by atoms with E-state index in [-0.39, 0.29) is 5.57 Å². The summed E-state index contributed by atoms with van der Waals surface area (Å²) in [6.07, 6.45) is 1.53. The zero-order chi connectivity index (χ0) is 22.9. The molecule has 0 aliphatic rings. The lowest BCUT2D eigenvalue weighted by atomic mass is 10.1. The first kappa shape index (κ1) is 23.1. The molecule has 1 N–H and O–H groups in total. The van der Waals surface area contributed by atoms with Crippen LogP contribution >= 0.6 is 15.9 Å². The Bertz CT molecular complexity index is 1180. The van der Waals surface area contributed by atoms with Gasteiger partial charge in [-0.3, -0.25) is 4.79 Å². The van der Waals surface area contributed by atoms with E-state index in [1.165, 1.54) is 11.6 Å². The molecular formula is C26H23BrN2O3. The van der Waals surface area contributed by atoms with Gasteiger partial charge in [-0.05, 0) is 61.4 Å². The van der Waals surface area contributed by atoms with Crippen LogP contribution in [0.5, 0.6) is 11.5 Å². The second kappa shape index (κ2) is 11.2. The average Bonchev–Trinajstić information content (AvgIpc) is 2.77. The Morgan fingerprint density at radius 1 is 1.06 bits per heavy atom. The molecule has 5 nitrogen and oxygen atoms in total. The summed E-state index contributed by atoms with van der Waals surface area (Å²) in [5.74, 6) is 0.671. The molecule has 162 valence electrons. The van der Waals surface area contributed by atoms with E-state index in [1.807, 2.05) is 44.2 Å². The largest absolute Gasteiger partial charge is 0.490 e. The van der Waals surface area contributed by atoms with Crippen LogP contribution < -0.4 is 14.8 Å². The van der Waals surface area contributed by atoms with E-state index >= 15 is 0 Å². The number of hydrogen-bond acceptors (Lipinski definition) is 4. The Labute approximate surface area is 196 Å². The number of nitrogens with one attached hydrogen (secondary N) is 1. The Balaban J connectivity index is 1.78. The maximum atomic E-state index is 12.6. The molecule has 0 aromatic heterocycles. The molecule has 0 radical (unpaired) electrons. The third-order valence-electron chi connectivity index (χ3n) is 4.50. The first-order valence-electron chi connectivity index (χ1n) is 10.1. The van der Waals surface area contributed by atoms with Gasteiger partial charge in [0.1, 0.15) is 18.2 Å². The molecule has 32 heavy (non-hydrogen) atoms. The molecule has 1 amide bonds. The first-order chi connectivity index (χ1) is 15.5. The van der Waals surface area contributed by atoms with Crippen molar-refractivity contribution in [1.82, 2.24) is 0 Å². The SMILES string of the molecule is CCOc1cc(/C=C(/C#N)C(=O)Nc2cccc(Br)c2)ccc1OCc1cccc(C)c1. The van der Waals surface area contributed by atoms with E-state index in [0.29, 0.717) is 36.0 Å². The van der Waals surface area contributed by atoms with Crippen molar-refractivity contribution in [2.24, 2.45) is 0 Å². The molecule has 0 unspecified atom stereocenters. The number of halogens is 1. The van der Waals surface area contributed by atoms with Crippen molar-refractivity contribution < 1.29 is 14.3 Å². The van der Waals surface area contributed by atoms with E-state index in [1.54, 1.807) is 36.4 Å². The number of nitriles is 1. The highest BCUT2D eigenvalue weighted by Gasteiger charge is 2.12. The van der Waals surface area contributed by atoms with Gasteiger partial charge >= 0.3 is 0 Å². The number of rotatable bonds is 8. The van der Waals surface area contributed by atoms with Crippen LogP contribution in [0.25, 0.3) is 6.08 Å². The lowest BCUT2D eigenvalue weighted by Gasteiger charge is -2.13. The van der Waals surface area contributed by atoms with Crippen molar-refractivity contribution in [3.63, 3.8) is 0 Å². The molecule has 0 bridgehead atoms. The third kappa shape index (κ3) is 6.47. The highest BCUT2D eigenvalue weighted by Crippen LogP contribution is 2.30. The van der Waals surface area contributed by atoms with Crippen molar-refractivity contribution in [3.05, 3.63) is 93.5 Å². The Morgan fingerprint density at radius 2 is 1.88 bits per heavy atom. The molecule has 0 spiro atoms. The minimum absolute atomic E-state index is 0.0131. The van der Waals surface area contributed by atoms with Crippen LogP contribution in [0.15, 0.2) is 76.8 Å². The second-order valence-corrected chi connectivity index (χ2v) is 7.97. The summed E-state index contributed by atoms with van der Waals surface area (Å²) in [5.41, 5.74) is 3.48. The van der Waals surface area contributed by atoms with Gasteiger partial charge in [-0.25, -0.2) is 0 Å². The van der Waals surface area contributed by atoms with Gasteiger partial charge in [0.15, 0.2) is 11.5 Å². The number of carbonyl (C=O) groups is 1. The van der Waals surface area contributed by atoms with Crippen molar-refractivity contribution in [1.29, 1.82) is 5.26 Å². The standard InChI is InChI=1S/C26H23BrN2O3/c1-3-31-25-14-19(10-11-24(25)32-17-20-7-4-6-18(2)12-20)13-21(16-28)26(30)29-23-9-5-8-22(27)15-23/h4-15H,3,17H2,1-2H3,(H,29,30)/b21-13-. The monoisotopic (exact) mass is 490 g/mol. The fourth-order valence-corrected chi connectivity index (χ4v) is 3.44. The smallest absolute Gasteiger partial charge is 0.266 e. The van der Waals surface area contributed by atoms with Crippen LogP contribution in [-0.4, -0.2) is 12.5 Å². The molecule has 3 aromatic carbocycles. The minimum Gasteiger partial charge on any atom is -0.490 e. The molecule has 0 heterocycles. The third-order valence-corrected chi connectivity index (χ3v) is 5.00. The molecule has 6 heteroatoms. The van der Waals surface area contributed by atoms with Crippen LogP contribution in [0, 0.1) is 18.3 Å². The number of carbonyl (C=O) groups excluding carboxylic acids is 1. The topological polar surface area (TPSA) is 71.3 Å². The quantitative estimate of drug-likeness (QED) is 0.297. The van der Waals surface area contributed by atoms with E-state index < -0.39 is 5.91 Å². The van der Waals surface area contributed by atoms with Gasteiger partial charge in [-0.1, -0.05) is 57.9 Å². The van der Waals surface area contributed by atoms with Crippen molar-refractivity contribution in [3.8, 4) is 17.6 Å². The van der Waals surface area contributed by atoms with Crippen LogP contribution in [-0.2, 0) is 11.4 Å². The van der Waals surface area contributed by atoms with Crippen molar-refractivity contribution in [2.75, 3.05) is 11.9 Å². The van der Waals surface area contributed by atoms with Crippen LogP contribution in [0.3, 0.4) is 0 Å². The molecule has 0 saturated heterocycles. The Hall–Kier alpha value is -3.56. The number of benzene rings is 3. The Morgan fingerprint density at radius 3 is 2.59 bits per heavy atom. The molecular weight excluding hydrogens is 468 g/mol. The van der Waals surface area contributed by atoms with E-state index in [2.05, 4.69) is 27.3 Å². The summed E-state index contributed by atoms with van der Waals surface area (Å²) in [5, 5.41) is 12.2. The maximum Gasteiger partial charge on any atom is 0.266 e. The summed E-state index contributed by atoms with van der Waals surface area (Å²) in [4.78, 5) is 12.6. The maximum absolute atomic E-state index is 12.6. The van der Waals surface area contributed by atoms with E-state index in [4.69, 9.17) is 9.47 Å². The van der Waals surface area contributed by atoms with Crippen LogP contribution in [0.1, 0.15) is 23.6 Å². The molecule has 3 rings (SSSR count). The number of hydrogen-bond donors (Lipinski definition) is 1. The number of nitrogens with zero attached hydrogens (tertiary/aromatic N) is 1. The molecule has 0 saturated carbocycles. The van der Waals surface area contributed by atoms with Crippen molar-refractivity contribution in [2.45, 2.75) is 20.5 Å². The van der Waals surface area contributed by atoms with Gasteiger partial charge in [0.2, 0.25) is 0 Å². The van der Waals surface area contributed by atoms with Gasteiger partial charge in [0.25, 0.3) is 5.91 Å². The second-order valence-electron chi connectivity index (χ2n) is 7.05. The minimum atomic E-state index is -0.483. The molecule has 0 aliphatic heterocycles. The predicted octanol–water partition coefficient (Wildman–Crippen LogP) is 6.28. The van der Waals surface area contributed by atoms with Crippen LogP contribution in [0.4, 0.5) is 5.69 Å². The van der Waals surface area contributed by atoms with Crippen LogP contribution in [0.2, 0.25) is 0 Å². The first-order valence-corrected chi connectivity index (χ1v) is 10.9. The highest BCUT2D eigenvalue weighted by atomic mass is 79.9. The summed E-state index contributed by atoms with van der Waals surface area (Å²) >= 11 is 3.36. The molecule has 0 aliphatic carbocycles. The van der Waals surface area contributed by atoms with Gasteiger partial charge in [0.05, 0.1) is 6.61 Å². The number of aryl methyl sites for hydroxylation is 1. The lowest BCUT2D eigenvalue weighted by molar-refractivity contribution is -0.112. The number of anilines is 1. The average molecular weight is 491 g/mol. The predicted molar refractivity (Wildman–Crippen MR) is 129 cm³/mol. The van der Waals surface area contributed by atoms with Gasteiger partial charge < -0.3 is 14.8 Å². The van der Waals surface area contributed by atoms with Crippen molar-refractivity contribution >= 4 is 33.6 Å². The number of ether oxygens (including phenoxy) is 2. The summed E-state index contributed by atoms with van der Waals surface area (Å²) in [7, 11) is 0. The summed E-state index contributed by atoms with van der Waals surface area (Å²) in [6.45, 7) is 4.80. The highest BCUT2D eigenvalue weighted by molar-refractivity contribution is 9.10. The zero-order valence-corrected chi connectivity index (χ0v) is 19.5. The summed E-state index contributed by atoms with van der Waals surface area (Å²) < 4.78 is 12.5. The fourth-order valence-electron chi connectivity index (χ4n) is 3.04. The molecule has 0 fully saturated rings.